The summed E-state index contributed by atoms with van der Waals surface area (Å²) in [6.45, 7) is 9.16. The second kappa shape index (κ2) is 9.85. The van der Waals surface area contributed by atoms with Crippen molar-refractivity contribution in [1.29, 1.82) is 0 Å². The summed E-state index contributed by atoms with van der Waals surface area (Å²) in [4.78, 5) is 19.4. The monoisotopic (exact) mass is 510 g/mol. The average Bonchev–Trinajstić information content (AvgIpc) is 3.42. The lowest BCUT2D eigenvalue weighted by Gasteiger charge is -2.36. The molecule has 3 saturated carbocycles. The van der Waals surface area contributed by atoms with Gasteiger partial charge < -0.3 is 15.5 Å². The molecular weight excluding hydrogens is 468 g/mol. The van der Waals surface area contributed by atoms with Gasteiger partial charge in [0.1, 0.15) is 0 Å². The number of hydrogen-bond acceptors (Lipinski definition) is 5. The van der Waals surface area contributed by atoms with E-state index in [0.717, 1.165) is 17.7 Å². The Balaban J connectivity index is 1.47. The Bertz CT molecular complexity index is 1080. The summed E-state index contributed by atoms with van der Waals surface area (Å²) in [5, 5.41) is 22.3. The standard InChI is InChI=1S/C30H42N2O3S/c1-29(2,3)21-13-19(14-22(17-21)30(4)10-11-30)25-24(12-18-8-6-5-7-9-18)36-27(32-25)26(33)31-23-15-20(16-23)28(34)35/h13-14,17-18,20,23,28,34-35H,5-12,15-16H2,1-4H3,(H,31,33). The first kappa shape index (κ1) is 25.9. The van der Waals surface area contributed by atoms with Crippen LogP contribution in [-0.4, -0.2) is 33.4 Å². The van der Waals surface area contributed by atoms with E-state index in [4.69, 9.17) is 4.98 Å². The van der Waals surface area contributed by atoms with Crippen molar-refractivity contribution in [2.75, 3.05) is 0 Å². The maximum absolute atomic E-state index is 13.2. The molecule has 0 radical (unpaired) electrons. The third kappa shape index (κ3) is 5.56. The van der Waals surface area contributed by atoms with Crippen molar-refractivity contribution in [2.24, 2.45) is 11.8 Å². The highest BCUT2D eigenvalue weighted by Gasteiger charge is 2.40. The van der Waals surface area contributed by atoms with Crippen molar-refractivity contribution in [1.82, 2.24) is 10.3 Å². The molecule has 6 heteroatoms. The first-order valence-corrected chi connectivity index (χ1v) is 14.7. The molecule has 0 spiro atoms. The first-order valence-electron chi connectivity index (χ1n) is 13.8. The van der Waals surface area contributed by atoms with Crippen LogP contribution in [0.3, 0.4) is 0 Å². The highest BCUT2D eigenvalue weighted by atomic mass is 32.1. The molecule has 3 N–H and O–H groups in total. The van der Waals surface area contributed by atoms with Crippen LogP contribution in [0.5, 0.6) is 0 Å². The second-order valence-electron chi connectivity index (χ2n) is 12.9. The van der Waals surface area contributed by atoms with Crippen LogP contribution in [-0.2, 0) is 17.3 Å². The summed E-state index contributed by atoms with van der Waals surface area (Å²) in [5.74, 6) is 0.387. The number of carbonyl (C=O) groups excluding carboxylic acids is 1. The molecule has 5 nitrogen and oxygen atoms in total. The second-order valence-corrected chi connectivity index (χ2v) is 14.0. The summed E-state index contributed by atoms with van der Waals surface area (Å²) >= 11 is 1.56. The Morgan fingerprint density at radius 2 is 1.83 bits per heavy atom. The van der Waals surface area contributed by atoms with Crippen molar-refractivity contribution >= 4 is 17.2 Å². The molecule has 3 fully saturated rings. The third-order valence-electron chi connectivity index (χ3n) is 8.79. The van der Waals surface area contributed by atoms with E-state index in [1.807, 2.05) is 0 Å². The number of aliphatic hydroxyl groups excluding tert-OH is 1. The smallest absolute Gasteiger partial charge is 0.280 e. The molecule has 2 aromatic rings. The zero-order chi connectivity index (χ0) is 25.7. The van der Waals surface area contributed by atoms with E-state index in [1.165, 1.54) is 60.9 Å². The zero-order valence-electron chi connectivity index (χ0n) is 22.3. The average molecular weight is 511 g/mol. The van der Waals surface area contributed by atoms with Crippen LogP contribution in [0.1, 0.15) is 111 Å². The number of rotatable bonds is 7. The molecule has 0 bridgehead atoms. The summed E-state index contributed by atoms with van der Waals surface area (Å²) in [5.41, 5.74) is 5.16. The van der Waals surface area contributed by atoms with Gasteiger partial charge in [-0.2, -0.15) is 0 Å². The molecule has 5 rings (SSSR count). The number of amides is 1. The summed E-state index contributed by atoms with van der Waals surface area (Å²) in [6.07, 6.45) is 9.81. The van der Waals surface area contributed by atoms with Crippen LogP contribution in [0.2, 0.25) is 0 Å². The van der Waals surface area contributed by atoms with Gasteiger partial charge in [0, 0.05) is 22.4 Å². The largest absolute Gasteiger partial charge is 0.368 e. The third-order valence-corrected chi connectivity index (χ3v) is 9.87. The minimum absolute atomic E-state index is 0.0101. The van der Waals surface area contributed by atoms with Crippen LogP contribution >= 0.6 is 11.3 Å². The molecular formula is C30H42N2O3S. The molecule has 0 saturated heterocycles. The van der Waals surface area contributed by atoms with Gasteiger partial charge in [-0.15, -0.1) is 11.3 Å². The van der Waals surface area contributed by atoms with E-state index in [1.54, 1.807) is 11.3 Å². The molecule has 196 valence electrons. The number of carbonyl (C=O) groups is 1. The first-order chi connectivity index (χ1) is 17.0. The summed E-state index contributed by atoms with van der Waals surface area (Å²) in [6, 6.07) is 7.02. The lowest BCUT2D eigenvalue weighted by molar-refractivity contribution is -0.112. The van der Waals surface area contributed by atoms with Gasteiger partial charge in [0.25, 0.3) is 5.91 Å². The summed E-state index contributed by atoms with van der Waals surface area (Å²) in [7, 11) is 0. The van der Waals surface area contributed by atoms with Crippen LogP contribution < -0.4 is 5.32 Å². The van der Waals surface area contributed by atoms with Crippen LogP contribution in [0, 0.1) is 11.8 Å². The van der Waals surface area contributed by atoms with Crippen LogP contribution in [0.15, 0.2) is 18.2 Å². The fourth-order valence-corrected chi connectivity index (χ4v) is 6.86. The molecule has 0 atom stereocenters. The van der Waals surface area contributed by atoms with Gasteiger partial charge in [-0.25, -0.2) is 4.98 Å². The van der Waals surface area contributed by atoms with Gasteiger partial charge in [0.2, 0.25) is 0 Å². The van der Waals surface area contributed by atoms with Crippen LogP contribution in [0.4, 0.5) is 0 Å². The molecule has 1 aromatic heterocycles. The lowest BCUT2D eigenvalue weighted by Crippen LogP contribution is -2.47. The maximum atomic E-state index is 13.2. The van der Waals surface area contributed by atoms with Gasteiger partial charge in [0.15, 0.2) is 11.3 Å². The highest BCUT2D eigenvalue weighted by Crippen LogP contribution is 2.49. The Morgan fingerprint density at radius 1 is 1.14 bits per heavy atom. The number of nitrogens with one attached hydrogen (secondary N) is 1. The number of aromatic nitrogens is 1. The molecule has 36 heavy (non-hydrogen) atoms. The minimum Gasteiger partial charge on any atom is -0.368 e. The van der Waals surface area contributed by atoms with Gasteiger partial charge in [-0.1, -0.05) is 65.9 Å². The minimum atomic E-state index is -1.30. The van der Waals surface area contributed by atoms with Gasteiger partial charge >= 0.3 is 0 Å². The predicted octanol–water partition coefficient (Wildman–Crippen LogP) is 6.10. The number of hydrogen-bond donors (Lipinski definition) is 3. The Hall–Kier alpha value is -1.76. The zero-order valence-corrected chi connectivity index (χ0v) is 23.1. The Kier molecular flexibility index (Phi) is 7.08. The van der Waals surface area contributed by atoms with Crippen LogP contribution in [0.25, 0.3) is 11.3 Å². The van der Waals surface area contributed by atoms with Gasteiger partial charge in [0.05, 0.1) is 5.69 Å². The Labute approximate surface area is 219 Å². The molecule has 1 amide bonds. The molecule has 0 aliphatic heterocycles. The number of benzene rings is 1. The van der Waals surface area contributed by atoms with E-state index in [0.29, 0.717) is 23.8 Å². The molecule has 3 aliphatic rings. The quantitative estimate of drug-likeness (QED) is 0.393. The topological polar surface area (TPSA) is 82.5 Å². The molecule has 1 aromatic carbocycles. The van der Waals surface area contributed by atoms with E-state index < -0.39 is 6.29 Å². The fraction of sp³-hybridized carbons (Fsp3) is 0.667. The van der Waals surface area contributed by atoms with Crippen molar-refractivity contribution < 1.29 is 15.0 Å². The normalized spacial score (nSPS) is 24.0. The maximum Gasteiger partial charge on any atom is 0.280 e. The van der Waals surface area contributed by atoms with E-state index in [2.05, 4.69) is 51.2 Å². The highest BCUT2D eigenvalue weighted by molar-refractivity contribution is 7.14. The predicted molar refractivity (Wildman–Crippen MR) is 145 cm³/mol. The fourth-order valence-electron chi connectivity index (χ4n) is 5.76. The lowest BCUT2D eigenvalue weighted by atomic mass is 9.80. The van der Waals surface area contributed by atoms with Crippen molar-refractivity contribution in [3.05, 3.63) is 39.2 Å². The molecule has 0 unspecified atom stereocenters. The van der Waals surface area contributed by atoms with Gasteiger partial charge in [-0.3, -0.25) is 4.79 Å². The van der Waals surface area contributed by atoms with E-state index in [-0.39, 0.29) is 28.7 Å². The molecule has 1 heterocycles. The van der Waals surface area contributed by atoms with Gasteiger partial charge in [-0.05, 0) is 72.1 Å². The van der Waals surface area contributed by atoms with Crippen molar-refractivity contribution in [2.45, 2.75) is 115 Å². The number of thiazole rings is 1. The van der Waals surface area contributed by atoms with E-state index in [9.17, 15) is 15.0 Å². The van der Waals surface area contributed by atoms with Crippen molar-refractivity contribution in [3.8, 4) is 11.3 Å². The van der Waals surface area contributed by atoms with E-state index >= 15 is 0 Å². The molecule has 3 aliphatic carbocycles. The number of aliphatic hydroxyl groups is 2. The summed E-state index contributed by atoms with van der Waals surface area (Å²) < 4.78 is 0. The number of nitrogens with zero attached hydrogens (tertiary/aromatic N) is 1. The SMILES string of the molecule is CC(C)(C)c1cc(-c2nc(C(=O)NC3CC(C(O)O)C3)sc2CC2CCCCC2)cc(C2(C)CC2)c1. The van der Waals surface area contributed by atoms with Crippen molar-refractivity contribution in [3.63, 3.8) is 0 Å². The Morgan fingerprint density at radius 3 is 2.44 bits per heavy atom.